The molecule has 1 aromatic carbocycles. The number of rotatable bonds is 8. The van der Waals surface area contributed by atoms with Crippen LogP contribution in [0.2, 0.25) is 0 Å². The highest BCUT2D eigenvalue weighted by atomic mass is 16.5. The molecule has 7 nitrogen and oxygen atoms in total. The van der Waals surface area contributed by atoms with Crippen molar-refractivity contribution in [1.82, 2.24) is 20.1 Å². The van der Waals surface area contributed by atoms with Crippen LogP contribution in [0.4, 0.5) is 0 Å². The largest absolute Gasteiger partial charge is 0.497 e. The molecular weight excluding hydrogens is 416 g/mol. The van der Waals surface area contributed by atoms with Gasteiger partial charge in [0, 0.05) is 49.2 Å². The van der Waals surface area contributed by atoms with Crippen LogP contribution in [0.5, 0.6) is 11.5 Å². The van der Waals surface area contributed by atoms with Gasteiger partial charge in [0.25, 0.3) is 0 Å². The summed E-state index contributed by atoms with van der Waals surface area (Å²) in [6, 6.07) is 9.61. The Labute approximate surface area is 195 Å². The third kappa shape index (κ3) is 5.53. The highest BCUT2D eigenvalue weighted by Gasteiger charge is 2.27. The van der Waals surface area contributed by atoms with E-state index in [0.717, 1.165) is 42.6 Å². The Bertz CT molecular complexity index is 1070. The van der Waals surface area contributed by atoms with Crippen molar-refractivity contribution in [3.05, 3.63) is 60.2 Å². The number of hydrogen-bond donors (Lipinski definition) is 1. The van der Waals surface area contributed by atoms with Gasteiger partial charge in [0.2, 0.25) is 5.91 Å². The fraction of sp³-hybridized carbons (Fsp3) is 0.423. The topological polar surface area (TPSA) is 78.3 Å². The van der Waals surface area contributed by atoms with Crippen molar-refractivity contribution in [2.24, 2.45) is 13.0 Å². The molecule has 1 aliphatic carbocycles. The van der Waals surface area contributed by atoms with E-state index in [9.17, 15) is 4.79 Å². The maximum atomic E-state index is 12.6. The fourth-order valence-electron chi connectivity index (χ4n) is 4.71. The van der Waals surface area contributed by atoms with Crippen molar-refractivity contribution in [3.8, 4) is 22.6 Å². The van der Waals surface area contributed by atoms with E-state index in [1.807, 2.05) is 54.5 Å². The molecule has 1 fully saturated rings. The lowest BCUT2D eigenvalue weighted by molar-refractivity contribution is -0.120. The number of carbonyl (C=O) groups is 1. The number of benzene rings is 1. The van der Waals surface area contributed by atoms with Crippen molar-refractivity contribution < 1.29 is 14.3 Å². The zero-order valence-corrected chi connectivity index (χ0v) is 19.6. The van der Waals surface area contributed by atoms with Crippen LogP contribution < -0.4 is 14.8 Å². The van der Waals surface area contributed by atoms with Crippen LogP contribution in [0.1, 0.15) is 42.9 Å². The molecule has 1 saturated carbocycles. The van der Waals surface area contributed by atoms with Crippen LogP contribution in [-0.4, -0.2) is 41.4 Å². The molecule has 2 aromatic heterocycles. The molecule has 0 atom stereocenters. The van der Waals surface area contributed by atoms with Gasteiger partial charge >= 0.3 is 0 Å². The van der Waals surface area contributed by atoms with E-state index in [1.54, 1.807) is 14.2 Å². The average molecular weight is 449 g/mol. The van der Waals surface area contributed by atoms with Crippen LogP contribution in [0.15, 0.2) is 48.9 Å². The SMILES string of the molecule is COc1ccc(OC)c(CC(=O)NCC2CCC(c3nn(C)cc3-c3ccncc3)CC2)c1. The van der Waals surface area contributed by atoms with Gasteiger partial charge in [0.1, 0.15) is 11.5 Å². The Hall–Kier alpha value is -3.35. The molecule has 0 saturated heterocycles. The molecule has 0 bridgehead atoms. The minimum atomic E-state index is 0.00776. The summed E-state index contributed by atoms with van der Waals surface area (Å²) < 4.78 is 12.6. The first kappa shape index (κ1) is 22.8. The molecule has 0 spiro atoms. The lowest BCUT2D eigenvalue weighted by Gasteiger charge is -2.28. The van der Waals surface area contributed by atoms with Crippen molar-refractivity contribution in [1.29, 1.82) is 0 Å². The summed E-state index contributed by atoms with van der Waals surface area (Å²) in [4.78, 5) is 16.7. The minimum Gasteiger partial charge on any atom is -0.497 e. The van der Waals surface area contributed by atoms with Crippen molar-refractivity contribution in [2.75, 3.05) is 20.8 Å². The van der Waals surface area contributed by atoms with Gasteiger partial charge in [-0.1, -0.05) is 0 Å². The zero-order chi connectivity index (χ0) is 23.2. The number of methoxy groups -OCH3 is 2. The number of aryl methyl sites for hydroxylation is 1. The maximum absolute atomic E-state index is 12.6. The first-order chi connectivity index (χ1) is 16.1. The van der Waals surface area contributed by atoms with Gasteiger partial charge in [0.15, 0.2) is 0 Å². The molecule has 1 amide bonds. The molecular formula is C26H32N4O3. The molecule has 3 aromatic rings. The quantitative estimate of drug-likeness (QED) is 0.561. The molecule has 0 unspecified atom stereocenters. The third-order valence-electron chi connectivity index (χ3n) is 6.51. The summed E-state index contributed by atoms with van der Waals surface area (Å²) in [5.74, 6) is 2.37. The van der Waals surface area contributed by atoms with E-state index in [0.29, 0.717) is 24.1 Å². The summed E-state index contributed by atoms with van der Waals surface area (Å²) in [5, 5.41) is 7.92. The monoisotopic (exact) mass is 448 g/mol. The van der Waals surface area contributed by atoms with Crippen LogP contribution in [-0.2, 0) is 18.3 Å². The number of aromatic nitrogens is 3. The minimum absolute atomic E-state index is 0.00776. The number of nitrogens with one attached hydrogen (secondary N) is 1. The molecule has 174 valence electrons. The molecule has 0 aliphatic heterocycles. The van der Waals surface area contributed by atoms with Crippen molar-refractivity contribution >= 4 is 5.91 Å². The second-order valence-electron chi connectivity index (χ2n) is 8.71. The van der Waals surface area contributed by atoms with Gasteiger partial charge in [-0.25, -0.2) is 0 Å². The Balaban J connectivity index is 1.31. The van der Waals surface area contributed by atoms with Crippen LogP contribution in [0, 0.1) is 5.92 Å². The summed E-state index contributed by atoms with van der Waals surface area (Å²) in [6.07, 6.45) is 10.4. The Morgan fingerprint density at radius 1 is 1.09 bits per heavy atom. The highest BCUT2D eigenvalue weighted by molar-refractivity contribution is 5.79. The number of pyridine rings is 1. The summed E-state index contributed by atoms with van der Waals surface area (Å²) >= 11 is 0. The molecule has 0 radical (unpaired) electrons. The predicted molar refractivity (Wildman–Crippen MR) is 127 cm³/mol. The Morgan fingerprint density at radius 2 is 1.85 bits per heavy atom. The van der Waals surface area contributed by atoms with Gasteiger partial charge in [-0.3, -0.25) is 14.5 Å². The van der Waals surface area contributed by atoms with Crippen molar-refractivity contribution in [3.63, 3.8) is 0 Å². The summed E-state index contributed by atoms with van der Waals surface area (Å²) in [7, 11) is 5.21. The molecule has 4 rings (SSSR count). The normalized spacial score (nSPS) is 18.0. The number of nitrogens with zero attached hydrogens (tertiary/aromatic N) is 3. The number of ether oxygens (including phenoxy) is 2. The Morgan fingerprint density at radius 3 is 2.55 bits per heavy atom. The van der Waals surface area contributed by atoms with E-state index in [1.165, 1.54) is 11.3 Å². The zero-order valence-electron chi connectivity index (χ0n) is 19.6. The van der Waals surface area contributed by atoms with Gasteiger partial charge in [-0.05, 0) is 67.5 Å². The van der Waals surface area contributed by atoms with E-state index in [4.69, 9.17) is 14.6 Å². The van der Waals surface area contributed by atoms with E-state index in [-0.39, 0.29) is 12.3 Å². The lowest BCUT2D eigenvalue weighted by Crippen LogP contribution is -2.32. The molecule has 7 heteroatoms. The average Bonchev–Trinajstić information content (AvgIpc) is 3.25. The second-order valence-corrected chi connectivity index (χ2v) is 8.71. The van der Waals surface area contributed by atoms with Crippen LogP contribution in [0.25, 0.3) is 11.1 Å². The van der Waals surface area contributed by atoms with E-state index < -0.39 is 0 Å². The molecule has 1 N–H and O–H groups in total. The van der Waals surface area contributed by atoms with Gasteiger partial charge in [-0.15, -0.1) is 0 Å². The predicted octanol–water partition coefficient (Wildman–Crippen LogP) is 4.13. The van der Waals surface area contributed by atoms with Crippen LogP contribution >= 0.6 is 0 Å². The lowest BCUT2D eigenvalue weighted by atomic mass is 9.79. The van der Waals surface area contributed by atoms with E-state index >= 15 is 0 Å². The first-order valence-corrected chi connectivity index (χ1v) is 11.5. The first-order valence-electron chi connectivity index (χ1n) is 11.5. The van der Waals surface area contributed by atoms with Crippen molar-refractivity contribution in [2.45, 2.75) is 38.0 Å². The smallest absolute Gasteiger partial charge is 0.224 e. The Kier molecular flexibility index (Phi) is 7.27. The molecule has 2 heterocycles. The maximum Gasteiger partial charge on any atom is 0.224 e. The summed E-state index contributed by atoms with van der Waals surface area (Å²) in [6.45, 7) is 0.706. The van der Waals surface area contributed by atoms with Crippen LogP contribution in [0.3, 0.4) is 0 Å². The molecule has 33 heavy (non-hydrogen) atoms. The van der Waals surface area contributed by atoms with Gasteiger partial charge in [0.05, 0.1) is 26.3 Å². The van der Waals surface area contributed by atoms with Gasteiger partial charge in [-0.2, -0.15) is 5.10 Å². The van der Waals surface area contributed by atoms with E-state index in [2.05, 4.69) is 16.5 Å². The number of carbonyl (C=O) groups excluding carboxylic acids is 1. The van der Waals surface area contributed by atoms with Gasteiger partial charge < -0.3 is 14.8 Å². The third-order valence-corrected chi connectivity index (χ3v) is 6.51. The molecule has 1 aliphatic rings. The number of amides is 1. The second kappa shape index (κ2) is 10.5. The number of hydrogen-bond acceptors (Lipinski definition) is 5. The summed E-state index contributed by atoms with van der Waals surface area (Å²) in [5.41, 5.74) is 4.37. The standard InChI is InChI=1S/C26H32N4O3/c1-30-17-23(19-10-12-27-13-11-19)26(29-30)20-6-4-18(5-7-20)16-28-25(31)15-21-14-22(32-2)8-9-24(21)33-3/h8-14,17-18,20H,4-7,15-16H2,1-3H3,(H,28,31). The highest BCUT2D eigenvalue weighted by Crippen LogP contribution is 2.39. The fourth-order valence-corrected chi connectivity index (χ4v) is 4.71.